The molecule has 0 aliphatic carbocycles. The van der Waals surface area contributed by atoms with Gasteiger partial charge in [0, 0.05) is 51.1 Å². The highest BCUT2D eigenvalue weighted by atomic mass is 32.2. The third-order valence-corrected chi connectivity index (χ3v) is 6.70. The lowest BCUT2D eigenvalue weighted by molar-refractivity contribution is 0.0697. The molecule has 1 aliphatic rings. The molecule has 1 aliphatic heterocycles. The number of carboxylic acids is 1. The summed E-state index contributed by atoms with van der Waals surface area (Å²) in [6, 6.07) is 6.54. The van der Waals surface area contributed by atoms with Crippen molar-refractivity contribution >= 4 is 16.2 Å². The van der Waals surface area contributed by atoms with Gasteiger partial charge in [0.2, 0.25) is 0 Å². The van der Waals surface area contributed by atoms with Gasteiger partial charge >= 0.3 is 5.97 Å². The maximum Gasteiger partial charge on any atom is 0.335 e. The SMILES string of the molecule is CN(C)S(=O)(=O)N1CCC(c2nccnc2-c2ccc(C(=O)O)cc2)CC1. The monoisotopic (exact) mass is 390 g/mol. The molecule has 1 aromatic heterocycles. The van der Waals surface area contributed by atoms with Crippen LogP contribution in [0.5, 0.6) is 0 Å². The van der Waals surface area contributed by atoms with E-state index < -0.39 is 16.2 Å². The minimum atomic E-state index is -3.41. The van der Waals surface area contributed by atoms with Gasteiger partial charge in [0.05, 0.1) is 17.0 Å². The number of aromatic nitrogens is 2. The van der Waals surface area contributed by atoms with Gasteiger partial charge < -0.3 is 5.11 Å². The summed E-state index contributed by atoms with van der Waals surface area (Å²) in [5, 5.41) is 9.05. The van der Waals surface area contributed by atoms with E-state index in [1.807, 2.05) is 0 Å². The Labute approximate surface area is 158 Å². The van der Waals surface area contributed by atoms with Crippen molar-refractivity contribution in [1.82, 2.24) is 18.6 Å². The molecule has 0 spiro atoms. The summed E-state index contributed by atoms with van der Waals surface area (Å²) in [6.07, 6.45) is 4.56. The van der Waals surface area contributed by atoms with Gasteiger partial charge in [0.15, 0.2) is 0 Å². The fourth-order valence-electron chi connectivity index (χ4n) is 3.23. The van der Waals surface area contributed by atoms with Crippen molar-refractivity contribution in [2.45, 2.75) is 18.8 Å². The highest BCUT2D eigenvalue weighted by Gasteiger charge is 2.31. The van der Waals surface area contributed by atoms with Crippen LogP contribution in [0, 0.1) is 0 Å². The largest absolute Gasteiger partial charge is 0.478 e. The number of carboxylic acid groups (broad SMARTS) is 1. The van der Waals surface area contributed by atoms with E-state index in [0.29, 0.717) is 31.6 Å². The quantitative estimate of drug-likeness (QED) is 0.835. The van der Waals surface area contributed by atoms with Gasteiger partial charge in [-0.25, -0.2) is 4.79 Å². The Balaban J connectivity index is 1.82. The van der Waals surface area contributed by atoms with Crippen LogP contribution < -0.4 is 0 Å². The second-order valence-corrected chi connectivity index (χ2v) is 8.78. The van der Waals surface area contributed by atoms with Gasteiger partial charge in [0.1, 0.15) is 0 Å². The first kappa shape index (κ1) is 19.4. The zero-order valence-electron chi connectivity index (χ0n) is 15.2. The van der Waals surface area contributed by atoms with Crippen molar-refractivity contribution < 1.29 is 18.3 Å². The molecular formula is C18H22N4O4S. The average Bonchev–Trinajstić information content (AvgIpc) is 2.68. The third kappa shape index (κ3) is 4.00. The Morgan fingerprint density at radius 1 is 1.11 bits per heavy atom. The molecule has 9 heteroatoms. The normalized spacial score (nSPS) is 16.6. The Kier molecular flexibility index (Phi) is 5.54. The molecule has 3 rings (SSSR count). The predicted molar refractivity (Wildman–Crippen MR) is 101 cm³/mol. The van der Waals surface area contributed by atoms with Crippen LogP contribution in [0.2, 0.25) is 0 Å². The molecular weight excluding hydrogens is 368 g/mol. The number of aromatic carboxylic acids is 1. The topological polar surface area (TPSA) is 104 Å². The Bertz CT molecular complexity index is 921. The minimum absolute atomic E-state index is 0.0986. The van der Waals surface area contributed by atoms with E-state index in [0.717, 1.165) is 11.3 Å². The van der Waals surface area contributed by atoms with E-state index in [9.17, 15) is 13.2 Å². The van der Waals surface area contributed by atoms with E-state index >= 15 is 0 Å². The third-order valence-electron chi connectivity index (χ3n) is 4.76. The van der Waals surface area contributed by atoms with Crippen molar-refractivity contribution in [3.05, 3.63) is 47.9 Å². The van der Waals surface area contributed by atoms with Crippen LogP contribution in [0.1, 0.15) is 34.8 Å². The number of piperidine rings is 1. The molecule has 0 amide bonds. The van der Waals surface area contributed by atoms with E-state index in [1.54, 1.807) is 36.7 Å². The highest BCUT2D eigenvalue weighted by Crippen LogP contribution is 2.33. The lowest BCUT2D eigenvalue weighted by Crippen LogP contribution is -2.44. The van der Waals surface area contributed by atoms with Crippen LogP contribution in [-0.2, 0) is 10.2 Å². The first-order chi connectivity index (χ1) is 12.8. The van der Waals surface area contributed by atoms with Gasteiger partial charge in [0.25, 0.3) is 10.2 Å². The second-order valence-electron chi connectivity index (χ2n) is 6.64. The number of rotatable bonds is 5. The van der Waals surface area contributed by atoms with E-state index in [2.05, 4.69) is 9.97 Å². The highest BCUT2D eigenvalue weighted by molar-refractivity contribution is 7.86. The second kappa shape index (κ2) is 7.71. The van der Waals surface area contributed by atoms with E-state index in [4.69, 9.17) is 5.11 Å². The number of nitrogens with zero attached hydrogens (tertiary/aromatic N) is 4. The molecule has 1 aromatic carbocycles. The molecule has 0 unspecified atom stereocenters. The number of carbonyl (C=O) groups is 1. The van der Waals surface area contributed by atoms with Crippen LogP contribution in [0.3, 0.4) is 0 Å². The van der Waals surface area contributed by atoms with Gasteiger partial charge in [-0.3, -0.25) is 9.97 Å². The summed E-state index contributed by atoms with van der Waals surface area (Å²) in [7, 11) is -0.344. The van der Waals surface area contributed by atoms with Crippen molar-refractivity contribution in [3.63, 3.8) is 0 Å². The lowest BCUT2D eigenvalue weighted by atomic mass is 9.91. The standard InChI is InChI=1S/C18H22N4O4S/c1-21(2)27(25,26)22-11-7-14(8-12-22)17-16(19-9-10-20-17)13-3-5-15(6-4-13)18(23)24/h3-6,9-10,14H,7-8,11-12H2,1-2H3,(H,23,24). The molecule has 0 saturated carbocycles. The lowest BCUT2D eigenvalue weighted by Gasteiger charge is -2.32. The molecule has 2 aromatic rings. The number of hydrogen-bond donors (Lipinski definition) is 1. The molecule has 0 radical (unpaired) electrons. The summed E-state index contributed by atoms with van der Waals surface area (Å²) in [6.45, 7) is 0.859. The number of benzene rings is 1. The average molecular weight is 390 g/mol. The van der Waals surface area contributed by atoms with Crippen molar-refractivity contribution in [2.24, 2.45) is 0 Å². The van der Waals surface area contributed by atoms with Crippen LogP contribution >= 0.6 is 0 Å². The van der Waals surface area contributed by atoms with Gasteiger partial charge in [-0.15, -0.1) is 0 Å². The van der Waals surface area contributed by atoms with Crippen molar-refractivity contribution in [1.29, 1.82) is 0 Å². The Morgan fingerprint density at radius 3 is 2.26 bits per heavy atom. The van der Waals surface area contributed by atoms with Crippen molar-refractivity contribution in [3.8, 4) is 11.3 Å². The first-order valence-electron chi connectivity index (χ1n) is 8.63. The smallest absolute Gasteiger partial charge is 0.335 e. The Morgan fingerprint density at radius 2 is 1.70 bits per heavy atom. The maximum atomic E-state index is 12.3. The molecule has 1 saturated heterocycles. The molecule has 1 fully saturated rings. The minimum Gasteiger partial charge on any atom is -0.478 e. The van der Waals surface area contributed by atoms with Gasteiger partial charge in [-0.2, -0.15) is 17.0 Å². The molecule has 144 valence electrons. The van der Waals surface area contributed by atoms with Crippen LogP contribution in [0.15, 0.2) is 36.7 Å². The Hall–Kier alpha value is -2.36. The zero-order valence-corrected chi connectivity index (χ0v) is 16.1. The summed E-state index contributed by atoms with van der Waals surface area (Å²) >= 11 is 0. The van der Waals surface area contributed by atoms with Crippen LogP contribution in [-0.4, -0.2) is 65.3 Å². The van der Waals surface area contributed by atoms with Crippen LogP contribution in [0.4, 0.5) is 0 Å². The summed E-state index contributed by atoms with van der Waals surface area (Å²) in [4.78, 5) is 20.0. The first-order valence-corrected chi connectivity index (χ1v) is 10.0. The molecule has 0 bridgehead atoms. The van der Waals surface area contributed by atoms with Gasteiger partial charge in [-0.1, -0.05) is 12.1 Å². The molecule has 1 N–H and O–H groups in total. The predicted octanol–water partition coefficient (Wildman–Crippen LogP) is 1.83. The molecule has 0 atom stereocenters. The van der Waals surface area contributed by atoms with Gasteiger partial charge in [-0.05, 0) is 25.0 Å². The van der Waals surface area contributed by atoms with E-state index in [1.165, 1.54) is 22.7 Å². The molecule has 8 nitrogen and oxygen atoms in total. The van der Waals surface area contributed by atoms with Crippen molar-refractivity contribution in [2.75, 3.05) is 27.2 Å². The summed E-state index contributed by atoms with van der Waals surface area (Å²) in [5.74, 6) is -0.878. The number of hydrogen-bond acceptors (Lipinski definition) is 5. The maximum absolute atomic E-state index is 12.3. The van der Waals surface area contributed by atoms with Crippen LogP contribution in [0.25, 0.3) is 11.3 Å². The fourth-order valence-corrected chi connectivity index (χ4v) is 4.37. The summed E-state index contributed by atoms with van der Waals surface area (Å²) in [5.41, 5.74) is 2.55. The summed E-state index contributed by atoms with van der Waals surface area (Å²) < 4.78 is 27.3. The zero-order chi connectivity index (χ0) is 19.6. The molecule has 27 heavy (non-hydrogen) atoms. The molecule has 2 heterocycles. The fraction of sp³-hybridized carbons (Fsp3) is 0.389. The van der Waals surface area contributed by atoms with E-state index in [-0.39, 0.29) is 11.5 Å².